The molecule has 0 aliphatic carbocycles. The van der Waals surface area contributed by atoms with Crippen molar-refractivity contribution in [1.82, 2.24) is 10.1 Å². The second kappa shape index (κ2) is 6.96. The van der Waals surface area contributed by atoms with Gasteiger partial charge in [-0.1, -0.05) is 28.9 Å². The van der Waals surface area contributed by atoms with Gasteiger partial charge in [-0.15, -0.1) is 0 Å². The van der Waals surface area contributed by atoms with Gasteiger partial charge < -0.3 is 14.0 Å². The molecule has 0 aliphatic rings. The summed E-state index contributed by atoms with van der Waals surface area (Å²) in [5.74, 6) is 2.55. The summed E-state index contributed by atoms with van der Waals surface area (Å²) >= 11 is 0. The van der Waals surface area contributed by atoms with Crippen molar-refractivity contribution in [1.29, 1.82) is 0 Å². The van der Waals surface area contributed by atoms with E-state index in [2.05, 4.69) is 10.1 Å². The molecule has 0 spiro atoms. The predicted molar refractivity (Wildman–Crippen MR) is 86.4 cm³/mol. The van der Waals surface area contributed by atoms with Gasteiger partial charge in [-0.05, 0) is 44.2 Å². The summed E-state index contributed by atoms with van der Waals surface area (Å²) in [6.45, 7) is 4.85. The highest BCUT2D eigenvalue weighted by Crippen LogP contribution is 2.20. The molecule has 1 heterocycles. The number of ether oxygens (including phenoxy) is 2. The van der Waals surface area contributed by atoms with E-state index in [0.717, 1.165) is 22.6 Å². The molecule has 3 aromatic rings. The summed E-state index contributed by atoms with van der Waals surface area (Å²) in [7, 11) is 0. The smallest absolute Gasteiger partial charge is 0.264 e. The highest BCUT2D eigenvalue weighted by atomic mass is 16.5. The van der Waals surface area contributed by atoms with Gasteiger partial charge in [0.25, 0.3) is 5.89 Å². The van der Waals surface area contributed by atoms with E-state index in [4.69, 9.17) is 14.0 Å². The molecule has 0 atom stereocenters. The first-order valence-electron chi connectivity index (χ1n) is 7.50. The molecule has 0 bridgehead atoms. The van der Waals surface area contributed by atoms with Gasteiger partial charge in [-0.2, -0.15) is 4.98 Å². The average molecular weight is 310 g/mol. The third-order valence-corrected chi connectivity index (χ3v) is 3.24. The SMILES string of the molecule is CCOc1ccc(OCc2nc(-c3cccc(C)c3)no2)cc1. The van der Waals surface area contributed by atoms with Crippen LogP contribution in [0.1, 0.15) is 18.4 Å². The maximum Gasteiger partial charge on any atom is 0.264 e. The van der Waals surface area contributed by atoms with Crippen molar-refractivity contribution in [3.05, 3.63) is 60.0 Å². The number of aromatic nitrogens is 2. The van der Waals surface area contributed by atoms with E-state index in [1.807, 2.05) is 62.4 Å². The van der Waals surface area contributed by atoms with Gasteiger partial charge in [0.15, 0.2) is 6.61 Å². The van der Waals surface area contributed by atoms with E-state index in [-0.39, 0.29) is 6.61 Å². The maximum absolute atomic E-state index is 5.65. The molecular weight excluding hydrogens is 292 g/mol. The van der Waals surface area contributed by atoms with Crippen LogP contribution in [0.3, 0.4) is 0 Å². The molecule has 0 N–H and O–H groups in total. The van der Waals surface area contributed by atoms with Crippen LogP contribution >= 0.6 is 0 Å². The van der Waals surface area contributed by atoms with Gasteiger partial charge in [0.2, 0.25) is 5.82 Å². The minimum Gasteiger partial charge on any atom is -0.494 e. The van der Waals surface area contributed by atoms with Crippen LogP contribution in [0.4, 0.5) is 0 Å². The summed E-state index contributed by atoms with van der Waals surface area (Å²) in [6, 6.07) is 15.4. The number of nitrogens with zero attached hydrogens (tertiary/aromatic N) is 2. The molecule has 3 rings (SSSR count). The lowest BCUT2D eigenvalue weighted by molar-refractivity contribution is 0.242. The first kappa shape index (κ1) is 15.1. The molecule has 1 aromatic heterocycles. The predicted octanol–water partition coefficient (Wildman–Crippen LogP) is 4.02. The molecule has 5 nitrogen and oxygen atoms in total. The van der Waals surface area contributed by atoms with Crippen LogP contribution in [0.15, 0.2) is 53.1 Å². The van der Waals surface area contributed by atoms with Gasteiger partial charge in [0.05, 0.1) is 6.61 Å². The normalized spacial score (nSPS) is 10.5. The van der Waals surface area contributed by atoms with E-state index in [9.17, 15) is 0 Å². The molecule has 118 valence electrons. The summed E-state index contributed by atoms with van der Waals surface area (Å²) in [6.07, 6.45) is 0. The van der Waals surface area contributed by atoms with Crippen LogP contribution in [-0.4, -0.2) is 16.7 Å². The third-order valence-electron chi connectivity index (χ3n) is 3.24. The van der Waals surface area contributed by atoms with Crippen LogP contribution in [0.5, 0.6) is 11.5 Å². The Labute approximate surface area is 134 Å². The molecule has 5 heteroatoms. The lowest BCUT2D eigenvalue weighted by atomic mass is 10.1. The quantitative estimate of drug-likeness (QED) is 0.688. The maximum atomic E-state index is 5.65. The Morgan fingerprint density at radius 1 is 1.00 bits per heavy atom. The first-order valence-corrected chi connectivity index (χ1v) is 7.50. The highest BCUT2D eigenvalue weighted by molar-refractivity contribution is 5.55. The Kier molecular flexibility index (Phi) is 4.57. The molecule has 0 aliphatic heterocycles. The lowest BCUT2D eigenvalue weighted by Gasteiger charge is -2.05. The van der Waals surface area contributed by atoms with Gasteiger partial charge in [-0.3, -0.25) is 0 Å². The molecule has 0 saturated heterocycles. The average Bonchev–Trinajstić information content (AvgIpc) is 3.04. The molecule has 23 heavy (non-hydrogen) atoms. The van der Waals surface area contributed by atoms with Crippen LogP contribution < -0.4 is 9.47 Å². The molecule has 0 amide bonds. The molecule has 0 fully saturated rings. The van der Waals surface area contributed by atoms with Crippen LogP contribution in [0.25, 0.3) is 11.4 Å². The molecule has 2 aromatic carbocycles. The fourth-order valence-electron chi connectivity index (χ4n) is 2.16. The monoisotopic (exact) mass is 310 g/mol. The van der Waals surface area contributed by atoms with E-state index in [1.165, 1.54) is 0 Å². The van der Waals surface area contributed by atoms with Crippen molar-refractivity contribution in [2.24, 2.45) is 0 Å². The summed E-state index contributed by atoms with van der Waals surface area (Å²) in [5, 5.41) is 3.99. The minimum atomic E-state index is 0.229. The largest absolute Gasteiger partial charge is 0.494 e. The Hall–Kier alpha value is -2.82. The van der Waals surface area contributed by atoms with Crippen molar-refractivity contribution < 1.29 is 14.0 Å². The zero-order valence-corrected chi connectivity index (χ0v) is 13.2. The van der Waals surface area contributed by atoms with Crippen LogP contribution in [0, 0.1) is 6.92 Å². The molecule has 0 radical (unpaired) electrons. The van der Waals surface area contributed by atoms with Crippen molar-refractivity contribution in [3.63, 3.8) is 0 Å². The summed E-state index contributed by atoms with van der Waals surface area (Å²) in [4.78, 5) is 4.36. The van der Waals surface area contributed by atoms with Crippen LogP contribution in [0.2, 0.25) is 0 Å². The molecule has 0 unspecified atom stereocenters. The minimum absolute atomic E-state index is 0.229. The first-order chi connectivity index (χ1) is 11.2. The molecule has 0 saturated carbocycles. The second-order valence-electron chi connectivity index (χ2n) is 5.07. The van der Waals surface area contributed by atoms with Gasteiger partial charge in [0.1, 0.15) is 11.5 Å². The standard InChI is InChI=1S/C18H18N2O3/c1-3-21-15-7-9-16(10-8-15)22-12-17-19-18(20-23-17)14-6-4-5-13(2)11-14/h4-11H,3,12H2,1-2H3. The second-order valence-corrected chi connectivity index (χ2v) is 5.07. The Balaban J connectivity index is 1.63. The Bertz CT molecular complexity index is 766. The van der Waals surface area contributed by atoms with E-state index >= 15 is 0 Å². The summed E-state index contributed by atoms with van der Waals surface area (Å²) < 4.78 is 16.3. The van der Waals surface area contributed by atoms with Gasteiger partial charge in [0, 0.05) is 5.56 Å². The number of hydrogen-bond donors (Lipinski definition) is 0. The number of hydrogen-bond acceptors (Lipinski definition) is 5. The van der Waals surface area contributed by atoms with Gasteiger partial charge in [-0.25, -0.2) is 0 Å². The topological polar surface area (TPSA) is 57.4 Å². The van der Waals surface area contributed by atoms with Crippen molar-refractivity contribution >= 4 is 0 Å². The molecular formula is C18H18N2O3. The van der Waals surface area contributed by atoms with Crippen molar-refractivity contribution in [2.45, 2.75) is 20.5 Å². The Morgan fingerprint density at radius 2 is 1.74 bits per heavy atom. The van der Waals surface area contributed by atoms with E-state index in [0.29, 0.717) is 18.3 Å². The van der Waals surface area contributed by atoms with E-state index in [1.54, 1.807) is 0 Å². The highest BCUT2D eigenvalue weighted by Gasteiger charge is 2.09. The fourth-order valence-corrected chi connectivity index (χ4v) is 2.16. The van der Waals surface area contributed by atoms with Crippen molar-refractivity contribution in [2.75, 3.05) is 6.61 Å². The number of benzene rings is 2. The zero-order chi connectivity index (χ0) is 16.1. The van der Waals surface area contributed by atoms with Gasteiger partial charge >= 0.3 is 0 Å². The van der Waals surface area contributed by atoms with E-state index < -0.39 is 0 Å². The number of aryl methyl sites for hydroxylation is 1. The van der Waals surface area contributed by atoms with Crippen LogP contribution in [-0.2, 0) is 6.61 Å². The summed E-state index contributed by atoms with van der Waals surface area (Å²) in [5.41, 5.74) is 2.08. The fraction of sp³-hybridized carbons (Fsp3) is 0.222. The van der Waals surface area contributed by atoms with Crippen molar-refractivity contribution in [3.8, 4) is 22.9 Å². The lowest BCUT2D eigenvalue weighted by Crippen LogP contribution is -1.96. The Morgan fingerprint density at radius 3 is 2.43 bits per heavy atom. The zero-order valence-electron chi connectivity index (χ0n) is 13.2. The third kappa shape index (κ3) is 3.88. The number of rotatable bonds is 6.